The van der Waals surface area contributed by atoms with Crippen LogP contribution < -0.4 is 10.6 Å². The number of ether oxygens (including phenoxy) is 1. The van der Waals surface area contributed by atoms with Gasteiger partial charge in [-0.3, -0.25) is 0 Å². The number of hydrogen-bond acceptors (Lipinski definition) is 3. The van der Waals surface area contributed by atoms with Crippen molar-refractivity contribution in [3.8, 4) is 0 Å². The topological polar surface area (TPSA) is 67.4 Å². The van der Waals surface area contributed by atoms with Crippen LogP contribution in [-0.4, -0.2) is 25.7 Å². The number of nitrogens with one attached hydrogen (secondary N) is 2. The second-order valence-electron chi connectivity index (χ2n) is 3.42. The van der Waals surface area contributed by atoms with Gasteiger partial charge in [0.2, 0.25) is 0 Å². The molecule has 0 aliphatic carbocycles. The Kier molecular flexibility index (Phi) is 5.00. The summed E-state index contributed by atoms with van der Waals surface area (Å²) in [6.45, 7) is 2.35. The molecule has 2 amide bonds. The molecule has 5 heteroatoms. The molecule has 0 radical (unpaired) electrons. The van der Waals surface area contributed by atoms with Gasteiger partial charge in [0, 0.05) is 12.7 Å². The summed E-state index contributed by atoms with van der Waals surface area (Å²) in [4.78, 5) is 22.5. The van der Waals surface area contributed by atoms with Crippen LogP contribution in [0.1, 0.15) is 23.7 Å². The molecule has 0 spiro atoms. The zero-order chi connectivity index (χ0) is 12.7. The molecule has 0 saturated heterocycles. The molecule has 17 heavy (non-hydrogen) atoms. The Morgan fingerprint density at radius 2 is 1.88 bits per heavy atom. The Morgan fingerprint density at radius 3 is 2.41 bits per heavy atom. The quantitative estimate of drug-likeness (QED) is 0.786. The predicted octanol–water partition coefficient (Wildman–Crippen LogP) is 2.00. The third kappa shape index (κ3) is 4.14. The van der Waals surface area contributed by atoms with Crippen LogP contribution in [0.3, 0.4) is 0 Å². The molecule has 1 aromatic rings. The van der Waals surface area contributed by atoms with Crippen molar-refractivity contribution in [1.82, 2.24) is 5.32 Å². The molecule has 1 rings (SSSR count). The zero-order valence-corrected chi connectivity index (χ0v) is 9.95. The van der Waals surface area contributed by atoms with Crippen molar-refractivity contribution >= 4 is 17.7 Å². The molecule has 0 heterocycles. The van der Waals surface area contributed by atoms with Crippen LogP contribution in [0.2, 0.25) is 0 Å². The van der Waals surface area contributed by atoms with E-state index >= 15 is 0 Å². The van der Waals surface area contributed by atoms with E-state index in [4.69, 9.17) is 4.74 Å². The molecule has 2 N–H and O–H groups in total. The normalized spacial score (nSPS) is 9.53. The second-order valence-corrected chi connectivity index (χ2v) is 3.42. The van der Waals surface area contributed by atoms with E-state index < -0.39 is 0 Å². The second kappa shape index (κ2) is 6.52. The van der Waals surface area contributed by atoms with E-state index in [9.17, 15) is 9.59 Å². The van der Waals surface area contributed by atoms with E-state index in [2.05, 4.69) is 10.6 Å². The average molecular weight is 236 g/mol. The summed E-state index contributed by atoms with van der Waals surface area (Å²) in [6.07, 6.45) is 0.794. The first-order valence-corrected chi connectivity index (χ1v) is 5.43. The Morgan fingerprint density at radius 1 is 1.24 bits per heavy atom. The Hall–Kier alpha value is -2.04. The largest absolute Gasteiger partial charge is 0.462 e. The highest BCUT2D eigenvalue weighted by Gasteiger charge is 2.06. The first-order chi connectivity index (χ1) is 8.17. The molecule has 5 nitrogen and oxygen atoms in total. The highest BCUT2D eigenvalue weighted by molar-refractivity contribution is 5.92. The number of esters is 1. The summed E-state index contributed by atoms with van der Waals surface area (Å²) in [6, 6.07) is 6.23. The van der Waals surface area contributed by atoms with E-state index in [1.165, 1.54) is 7.05 Å². The van der Waals surface area contributed by atoms with Crippen LogP contribution >= 0.6 is 0 Å². The number of benzene rings is 1. The Bertz CT molecular complexity index is 387. The highest BCUT2D eigenvalue weighted by atomic mass is 16.5. The molecule has 92 valence electrons. The number of anilines is 1. The third-order valence-electron chi connectivity index (χ3n) is 2.04. The minimum absolute atomic E-state index is 0.300. The van der Waals surface area contributed by atoms with Crippen LogP contribution in [0.15, 0.2) is 24.3 Å². The van der Waals surface area contributed by atoms with E-state index in [0.717, 1.165) is 6.42 Å². The fraction of sp³-hybridized carbons (Fsp3) is 0.333. The SMILES string of the molecule is CCCOC(=O)c1ccc(NC(=O)NC)cc1. The molecule has 0 fully saturated rings. The first kappa shape index (κ1) is 13.0. The van der Waals surface area contributed by atoms with Gasteiger partial charge in [-0.2, -0.15) is 0 Å². The van der Waals surface area contributed by atoms with Crippen molar-refractivity contribution in [3.63, 3.8) is 0 Å². The lowest BCUT2D eigenvalue weighted by Crippen LogP contribution is -2.24. The molecular weight excluding hydrogens is 220 g/mol. The lowest BCUT2D eigenvalue weighted by molar-refractivity contribution is 0.0505. The van der Waals surface area contributed by atoms with Crippen molar-refractivity contribution in [2.45, 2.75) is 13.3 Å². The monoisotopic (exact) mass is 236 g/mol. The van der Waals surface area contributed by atoms with Crippen LogP contribution in [0.5, 0.6) is 0 Å². The van der Waals surface area contributed by atoms with Gasteiger partial charge < -0.3 is 15.4 Å². The van der Waals surface area contributed by atoms with E-state index in [-0.39, 0.29) is 12.0 Å². The smallest absolute Gasteiger partial charge is 0.338 e. The minimum atomic E-state index is -0.349. The van der Waals surface area contributed by atoms with E-state index in [1.54, 1.807) is 24.3 Å². The maximum Gasteiger partial charge on any atom is 0.338 e. The molecule has 0 atom stereocenters. The summed E-state index contributed by atoms with van der Waals surface area (Å²) < 4.78 is 4.98. The van der Waals surface area contributed by atoms with Crippen molar-refractivity contribution in [1.29, 1.82) is 0 Å². The summed E-state index contributed by atoms with van der Waals surface area (Å²) in [5.74, 6) is -0.349. The predicted molar refractivity (Wildman–Crippen MR) is 65.1 cm³/mol. The summed E-state index contributed by atoms with van der Waals surface area (Å²) in [7, 11) is 1.53. The molecule has 0 aromatic heterocycles. The van der Waals surface area contributed by atoms with Crippen molar-refractivity contribution in [2.24, 2.45) is 0 Å². The molecule has 0 saturated carbocycles. The fourth-order valence-electron chi connectivity index (χ4n) is 1.16. The van der Waals surface area contributed by atoms with Gasteiger partial charge in [-0.15, -0.1) is 0 Å². The maximum atomic E-state index is 11.5. The molecule has 0 bridgehead atoms. The van der Waals surface area contributed by atoms with Gasteiger partial charge in [0.05, 0.1) is 12.2 Å². The number of urea groups is 1. The van der Waals surface area contributed by atoms with Crippen molar-refractivity contribution < 1.29 is 14.3 Å². The summed E-state index contributed by atoms with van der Waals surface area (Å²) in [5.41, 5.74) is 1.09. The summed E-state index contributed by atoms with van der Waals surface area (Å²) in [5, 5.41) is 5.04. The highest BCUT2D eigenvalue weighted by Crippen LogP contribution is 2.10. The van der Waals surface area contributed by atoms with Crippen molar-refractivity contribution in [3.05, 3.63) is 29.8 Å². The Balaban J connectivity index is 2.61. The molecule has 0 aliphatic rings. The molecule has 0 unspecified atom stereocenters. The van der Waals surface area contributed by atoms with E-state index in [1.807, 2.05) is 6.92 Å². The van der Waals surface area contributed by atoms with Gasteiger partial charge in [-0.05, 0) is 30.7 Å². The van der Waals surface area contributed by atoms with Gasteiger partial charge in [0.25, 0.3) is 0 Å². The minimum Gasteiger partial charge on any atom is -0.462 e. The number of carbonyl (C=O) groups is 2. The van der Waals surface area contributed by atoms with Crippen molar-refractivity contribution in [2.75, 3.05) is 19.0 Å². The Labute approximate surface area is 100 Å². The number of rotatable bonds is 4. The fourth-order valence-corrected chi connectivity index (χ4v) is 1.16. The first-order valence-electron chi connectivity index (χ1n) is 5.43. The van der Waals surface area contributed by atoms with Crippen LogP contribution in [0.4, 0.5) is 10.5 Å². The molecule has 0 aliphatic heterocycles. The third-order valence-corrected chi connectivity index (χ3v) is 2.04. The lowest BCUT2D eigenvalue weighted by atomic mass is 10.2. The van der Waals surface area contributed by atoms with Gasteiger partial charge >= 0.3 is 12.0 Å². The van der Waals surface area contributed by atoms with Gasteiger partial charge in [-0.25, -0.2) is 9.59 Å². The number of hydrogen-bond donors (Lipinski definition) is 2. The zero-order valence-electron chi connectivity index (χ0n) is 9.95. The van der Waals surface area contributed by atoms with Gasteiger partial charge in [-0.1, -0.05) is 6.92 Å². The summed E-state index contributed by atoms with van der Waals surface area (Å²) >= 11 is 0. The molecule has 1 aromatic carbocycles. The average Bonchev–Trinajstić information content (AvgIpc) is 2.36. The van der Waals surface area contributed by atoms with Gasteiger partial charge in [0.15, 0.2) is 0 Å². The number of carbonyl (C=O) groups excluding carboxylic acids is 2. The maximum absolute atomic E-state index is 11.5. The lowest BCUT2D eigenvalue weighted by Gasteiger charge is -2.06. The number of amides is 2. The standard InChI is InChI=1S/C12H16N2O3/c1-3-8-17-11(15)9-4-6-10(7-5-9)14-12(16)13-2/h4-7H,3,8H2,1-2H3,(H2,13,14,16). The van der Waals surface area contributed by atoms with Crippen LogP contribution in [-0.2, 0) is 4.74 Å². The van der Waals surface area contributed by atoms with Gasteiger partial charge in [0.1, 0.15) is 0 Å². The molecular formula is C12H16N2O3. The van der Waals surface area contributed by atoms with Crippen LogP contribution in [0.25, 0.3) is 0 Å². The van der Waals surface area contributed by atoms with E-state index in [0.29, 0.717) is 17.9 Å². The van der Waals surface area contributed by atoms with Crippen LogP contribution in [0, 0.1) is 0 Å².